The highest BCUT2D eigenvalue weighted by atomic mass is 16.6. The van der Waals surface area contributed by atoms with Crippen LogP contribution in [0.4, 0.5) is 11.4 Å². The Labute approximate surface area is 109 Å². The molecule has 0 bridgehead atoms. The van der Waals surface area contributed by atoms with E-state index in [2.05, 4.69) is 0 Å². The molecule has 2 rings (SSSR count). The summed E-state index contributed by atoms with van der Waals surface area (Å²) in [6.45, 7) is 1.80. The third kappa shape index (κ3) is 2.40. The molecule has 7 nitrogen and oxygen atoms in total. The first kappa shape index (κ1) is 13.0. The van der Waals surface area contributed by atoms with Crippen LogP contribution in [0.1, 0.15) is 18.9 Å². The van der Waals surface area contributed by atoms with Gasteiger partial charge in [0.15, 0.2) is 0 Å². The number of carbonyl (C=O) groups excluding carboxylic acids is 2. The Morgan fingerprint density at radius 3 is 2.63 bits per heavy atom. The maximum absolute atomic E-state index is 11.7. The minimum absolute atomic E-state index is 0.0228. The number of benzene rings is 1. The number of nitrogens with two attached hydrogens (primary N) is 1. The number of imide groups is 1. The van der Waals surface area contributed by atoms with Gasteiger partial charge in [0, 0.05) is 18.4 Å². The summed E-state index contributed by atoms with van der Waals surface area (Å²) < 4.78 is 0. The SMILES string of the molecule is CC1CC(=O)N(Cc2ccc([N+](=O)[O-])c(N)c2)C1=O. The molecule has 0 aromatic heterocycles. The van der Waals surface area contributed by atoms with E-state index < -0.39 is 4.92 Å². The normalized spacial score (nSPS) is 19.0. The number of nitro groups is 1. The van der Waals surface area contributed by atoms with Gasteiger partial charge in [-0.05, 0) is 11.6 Å². The van der Waals surface area contributed by atoms with Crippen LogP contribution in [0.5, 0.6) is 0 Å². The molecule has 0 radical (unpaired) electrons. The lowest BCUT2D eigenvalue weighted by Gasteiger charge is -2.14. The molecule has 7 heteroatoms. The lowest BCUT2D eigenvalue weighted by Crippen LogP contribution is -2.29. The van der Waals surface area contributed by atoms with E-state index in [0.717, 1.165) is 4.90 Å². The number of hydrogen-bond donors (Lipinski definition) is 1. The van der Waals surface area contributed by atoms with Crippen LogP contribution < -0.4 is 5.73 Å². The zero-order valence-electron chi connectivity index (χ0n) is 10.3. The van der Waals surface area contributed by atoms with Crippen LogP contribution in [0.3, 0.4) is 0 Å². The van der Waals surface area contributed by atoms with Crippen molar-refractivity contribution in [2.24, 2.45) is 5.92 Å². The summed E-state index contributed by atoms with van der Waals surface area (Å²) in [5.74, 6) is -0.751. The summed E-state index contributed by atoms with van der Waals surface area (Å²) in [6.07, 6.45) is 0.210. The molecule has 2 N–H and O–H groups in total. The first-order valence-electron chi connectivity index (χ1n) is 5.77. The second kappa shape index (κ2) is 4.68. The Bertz CT molecular complexity index is 570. The van der Waals surface area contributed by atoms with E-state index >= 15 is 0 Å². The summed E-state index contributed by atoms with van der Waals surface area (Å²) in [5.41, 5.74) is 6.00. The van der Waals surface area contributed by atoms with Crippen molar-refractivity contribution in [2.45, 2.75) is 19.9 Å². The van der Waals surface area contributed by atoms with Gasteiger partial charge in [0.2, 0.25) is 11.8 Å². The van der Waals surface area contributed by atoms with Crippen LogP contribution in [-0.2, 0) is 16.1 Å². The van der Waals surface area contributed by atoms with Crippen molar-refractivity contribution in [1.29, 1.82) is 0 Å². The van der Waals surface area contributed by atoms with E-state index in [1.54, 1.807) is 6.92 Å². The molecule has 1 atom stereocenters. The minimum Gasteiger partial charge on any atom is -0.393 e. The van der Waals surface area contributed by atoms with Gasteiger partial charge in [-0.1, -0.05) is 13.0 Å². The largest absolute Gasteiger partial charge is 0.393 e. The second-order valence-electron chi connectivity index (χ2n) is 4.57. The number of hydrogen-bond acceptors (Lipinski definition) is 5. The van der Waals surface area contributed by atoms with Crippen LogP contribution in [0.2, 0.25) is 0 Å². The number of nitrogens with zero attached hydrogens (tertiary/aromatic N) is 2. The Kier molecular flexibility index (Phi) is 3.20. The van der Waals surface area contributed by atoms with E-state index in [1.165, 1.54) is 18.2 Å². The van der Waals surface area contributed by atoms with Gasteiger partial charge in [-0.2, -0.15) is 0 Å². The minimum atomic E-state index is -0.576. The van der Waals surface area contributed by atoms with Gasteiger partial charge in [-0.25, -0.2) is 0 Å². The first-order valence-corrected chi connectivity index (χ1v) is 5.77. The average molecular weight is 263 g/mol. The predicted molar refractivity (Wildman–Crippen MR) is 66.8 cm³/mol. The molecule has 1 aromatic rings. The van der Waals surface area contributed by atoms with Crippen LogP contribution in [-0.4, -0.2) is 21.6 Å². The maximum atomic E-state index is 11.7. The number of rotatable bonds is 3. The Balaban J connectivity index is 2.21. The molecule has 1 fully saturated rings. The zero-order valence-corrected chi connectivity index (χ0v) is 10.3. The van der Waals surface area contributed by atoms with Gasteiger partial charge in [0.1, 0.15) is 5.69 Å². The molecule has 0 saturated carbocycles. The summed E-state index contributed by atoms with van der Waals surface area (Å²) in [6, 6.07) is 4.19. The monoisotopic (exact) mass is 263 g/mol. The van der Waals surface area contributed by atoms with Crippen LogP contribution >= 0.6 is 0 Å². The summed E-state index contributed by atoms with van der Waals surface area (Å²) >= 11 is 0. The van der Waals surface area contributed by atoms with Crippen molar-refractivity contribution >= 4 is 23.2 Å². The summed E-state index contributed by atoms with van der Waals surface area (Å²) in [7, 11) is 0. The molecule has 0 spiro atoms. The zero-order chi connectivity index (χ0) is 14.2. The maximum Gasteiger partial charge on any atom is 0.292 e. The molecule has 1 unspecified atom stereocenters. The Morgan fingerprint density at radius 2 is 2.16 bits per heavy atom. The predicted octanol–water partition coefficient (Wildman–Crippen LogP) is 1.07. The number of likely N-dealkylation sites (tertiary alicyclic amines) is 1. The van der Waals surface area contributed by atoms with E-state index in [9.17, 15) is 19.7 Å². The van der Waals surface area contributed by atoms with Crippen molar-refractivity contribution in [2.75, 3.05) is 5.73 Å². The summed E-state index contributed by atoms with van der Waals surface area (Å²) in [4.78, 5) is 34.6. The fourth-order valence-corrected chi connectivity index (χ4v) is 2.07. The van der Waals surface area contributed by atoms with Crippen molar-refractivity contribution in [1.82, 2.24) is 4.90 Å². The van der Waals surface area contributed by atoms with Crippen LogP contribution in [0.15, 0.2) is 18.2 Å². The van der Waals surface area contributed by atoms with E-state index in [1.807, 2.05) is 0 Å². The first-order chi connectivity index (χ1) is 8.90. The molecule has 1 saturated heterocycles. The van der Waals surface area contributed by atoms with Crippen molar-refractivity contribution in [3.8, 4) is 0 Å². The number of nitro benzene ring substituents is 1. The summed E-state index contributed by atoms with van der Waals surface area (Å²) in [5, 5.41) is 10.6. The molecule has 19 heavy (non-hydrogen) atoms. The molecule has 1 aromatic carbocycles. The van der Waals surface area contributed by atoms with E-state index in [0.29, 0.717) is 5.56 Å². The number of carbonyl (C=O) groups is 2. The van der Waals surface area contributed by atoms with Gasteiger partial charge in [0.25, 0.3) is 5.69 Å². The molecular formula is C12H13N3O4. The smallest absolute Gasteiger partial charge is 0.292 e. The second-order valence-corrected chi connectivity index (χ2v) is 4.57. The van der Waals surface area contributed by atoms with Gasteiger partial charge < -0.3 is 5.73 Å². The molecule has 1 aliphatic rings. The molecule has 100 valence electrons. The molecule has 1 aliphatic heterocycles. The fraction of sp³-hybridized carbons (Fsp3) is 0.333. The Hall–Kier alpha value is -2.44. The topological polar surface area (TPSA) is 107 Å². The highest BCUT2D eigenvalue weighted by Crippen LogP contribution is 2.25. The molecule has 1 heterocycles. The van der Waals surface area contributed by atoms with Crippen molar-refractivity contribution in [3.05, 3.63) is 33.9 Å². The Morgan fingerprint density at radius 1 is 1.47 bits per heavy atom. The van der Waals surface area contributed by atoms with Gasteiger partial charge in [-0.15, -0.1) is 0 Å². The number of amides is 2. The third-order valence-electron chi connectivity index (χ3n) is 3.10. The average Bonchev–Trinajstić information content (AvgIpc) is 2.56. The lowest BCUT2D eigenvalue weighted by molar-refractivity contribution is -0.383. The highest BCUT2D eigenvalue weighted by Gasteiger charge is 2.35. The molecule has 2 amide bonds. The van der Waals surface area contributed by atoms with Crippen LogP contribution in [0, 0.1) is 16.0 Å². The van der Waals surface area contributed by atoms with Crippen molar-refractivity contribution < 1.29 is 14.5 Å². The van der Waals surface area contributed by atoms with Gasteiger partial charge >= 0.3 is 0 Å². The standard InChI is InChI=1S/C12H13N3O4/c1-7-4-11(16)14(12(7)17)6-8-2-3-10(15(18)19)9(13)5-8/h2-3,5,7H,4,6,13H2,1H3. The van der Waals surface area contributed by atoms with Crippen molar-refractivity contribution in [3.63, 3.8) is 0 Å². The molecular weight excluding hydrogens is 250 g/mol. The lowest BCUT2D eigenvalue weighted by atomic mass is 10.1. The van der Waals surface area contributed by atoms with E-state index in [-0.39, 0.29) is 42.1 Å². The number of nitrogen functional groups attached to an aromatic ring is 1. The fourth-order valence-electron chi connectivity index (χ4n) is 2.07. The van der Waals surface area contributed by atoms with E-state index in [4.69, 9.17) is 5.73 Å². The highest BCUT2D eigenvalue weighted by molar-refractivity contribution is 6.03. The quantitative estimate of drug-likeness (QED) is 0.380. The van der Waals surface area contributed by atoms with Gasteiger partial charge in [-0.3, -0.25) is 24.6 Å². The van der Waals surface area contributed by atoms with Crippen LogP contribution in [0.25, 0.3) is 0 Å². The van der Waals surface area contributed by atoms with Gasteiger partial charge in [0.05, 0.1) is 11.5 Å². The third-order valence-corrected chi connectivity index (χ3v) is 3.10. The molecule has 0 aliphatic carbocycles. The number of anilines is 1.